The van der Waals surface area contributed by atoms with Gasteiger partial charge in [0.2, 0.25) is 17.7 Å². The summed E-state index contributed by atoms with van der Waals surface area (Å²) in [6, 6.07) is 6.88. The van der Waals surface area contributed by atoms with Gasteiger partial charge >= 0.3 is 0 Å². The number of benzene rings is 1. The summed E-state index contributed by atoms with van der Waals surface area (Å²) in [6.45, 7) is 5.92. The van der Waals surface area contributed by atoms with Crippen LogP contribution in [0.3, 0.4) is 0 Å². The van der Waals surface area contributed by atoms with Crippen molar-refractivity contribution >= 4 is 29.3 Å². The van der Waals surface area contributed by atoms with Crippen LogP contribution in [0, 0.1) is 23.2 Å². The van der Waals surface area contributed by atoms with Gasteiger partial charge in [-0.05, 0) is 49.8 Å². The first-order valence-corrected chi connectivity index (χ1v) is 11.1. The molecule has 0 unspecified atom stereocenters. The topological polar surface area (TPSA) is 131 Å². The number of aliphatic hydroxyl groups is 1. The molecule has 2 rings (SSSR count). The van der Waals surface area contributed by atoms with Gasteiger partial charge in [0.05, 0.1) is 18.1 Å². The molecule has 1 aromatic rings. The van der Waals surface area contributed by atoms with E-state index in [4.69, 9.17) is 11.6 Å². The maximum Gasteiger partial charge on any atom is 0.243 e. The zero-order valence-electron chi connectivity index (χ0n) is 18.7. The second-order valence-electron chi connectivity index (χ2n) is 8.91. The van der Waals surface area contributed by atoms with Crippen molar-refractivity contribution in [1.82, 2.24) is 16.0 Å². The predicted octanol–water partition coefficient (Wildman–Crippen LogP) is 2.00. The van der Waals surface area contributed by atoms with Gasteiger partial charge in [-0.2, -0.15) is 5.26 Å². The van der Waals surface area contributed by atoms with E-state index in [-0.39, 0.29) is 30.6 Å². The number of carbonyl (C=O) groups excluding carboxylic acids is 3. The van der Waals surface area contributed by atoms with E-state index in [1.807, 2.05) is 19.9 Å². The molecule has 8 nitrogen and oxygen atoms in total. The lowest BCUT2D eigenvalue weighted by Crippen LogP contribution is -2.51. The molecule has 4 atom stereocenters. The molecule has 9 heteroatoms. The Labute approximate surface area is 193 Å². The van der Waals surface area contributed by atoms with Crippen LogP contribution in [0.4, 0.5) is 0 Å². The molecule has 1 saturated heterocycles. The van der Waals surface area contributed by atoms with Crippen LogP contribution < -0.4 is 16.0 Å². The first kappa shape index (κ1) is 25.6. The normalized spacial score (nSPS) is 19.4. The minimum atomic E-state index is -1.45. The van der Waals surface area contributed by atoms with E-state index in [0.717, 1.165) is 0 Å². The number of hydrogen-bond acceptors (Lipinski definition) is 5. The van der Waals surface area contributed by atoms with Crippen molar-refractivity contribution in [2.45, 2.75) is 64.1 Å². The van der Waals surface area contributed by atoms with Crippen LogP contribution in [-0.2, 0) is 20.0 Å². The third-order valence-corrected chi connectivity index (χ3v) is 5.74. The summed E-state index contributed by atoms with van der Waals surface area (Å²) in [5.41, 5.74) is -0.917. The maximum absolute atomic E-state index is 12.9. The summed E-state index contributed by atoms with van der Waals surface area (Å²) in [5.74, 6) is -1.30. The van der Waals surface area contributed by atoms with Crippen LogP contribution in [0.5, 0.6) is 0 Å². The van der Waals surface area contributed by atoms with Crippen LogP contribution >= 0.6 is 11.6 Å². The van der Waals surface area contributed by atoms with E-state index < -0.39 is 29.5 Å². The molecule has 0 radical (unpaired) electrons. The van der Waals surface area contributed by atoms with E-state index in [2.05, 4.69) is 16.0 Å². The second-order valence-corrected chi connectivity index (χ2v) is 9.35. The summed E-state index contributed by atoms with van der Waals surface area (Å²) < 4.78 is 0. The highest BCUT2D eigenvalue weighted by molar-refractivity contribution is 6.30. The molecule has 0 aromatic heterocycles. The number of halogens is 1. The number of nitriles is 1. The van der Waals surface area contributed by atoms with Gasteiger partial charge in [0.25, 0.3) is 0 Å². The van der Waals surface area contributed by atoms with Gasteiger partial charge in [-0.3, -0.25) is 14.4 Å². The van der Waals surface area contributed by atoms with Gasteiger partial charge in [0.15, 0.2) is 0 Å². The fourth-order valence-electron chi connectivity index (χ4n) is 3.74. The first-order chi connectivity index (χ1) is 15.0. The molecule has 174 valence electrons. The van der Waals surface area contributed by atoms with Crippen molar-refractivity contribution in [2.24, 2.45) is 11.8 Å². The van der Waals surface area contributed by atoms with E-state index in [1.54, 1.807) is 24.3 Å². The average Bonchev–Trinajstić information content (AvgIpc) is 3.10. The molecule has 4 N–H and O–H groups in total. The molecule has 1 aliphatic rings. The first-order valence-electron chi connectivity index (χ1n) is 10.8. The Morgan fingerprint density at radius 2 is 1.97 bits per heavy atom. The molecular weight excluding hydrogens is 432 g/mol. The molecule has 1 aliphatic heterocycles. The Kier molecular flexibility index (Phi) is 9.05. The number of amides is 3. The fourth-order valence-corrected chi connectivity index (χ4v) is 3.87. The summed E-state index contributed by atoms with van der Waals surface area (Å²) in [5, 5.41) is 28.8. The van der Waals surface area contributed by atoms with E-state index >= 15 is 0 Å². The minimum absolute atomic E-state index is 0.101. The number of carbonyl (C=O) groups is 3. The van der Waals surface area contributed by atoms with Crippen molar-refractivity contribution in [3.05, 3.63) is 34.9 Å². The summed E-state index contributed by atoms with van der Waals surface area (Å²) >= 11 is 5.88. The largest absolute Gasteiger partial charge is 0.385 e. The van der Waals surface area contributed by atoms with Gasteiger partial charge in [0, 0.05) is 17.5 Å². The predicted molar refractivity (Wildman–Crippen MR) is 120 cm³/mol. The molecule has 3 amide bonds. The van der Waals surface area contributed by atoms with Crippen molar-refractivity contribution in [3.63, 3.8) is 0 Å². The summed E-state index contributed by atoms with van der Waals surface area (Å²) in [6.07, 6.45) is 0.962. The van der Waals surface area contributed by atoms with Gasteiger partial charge in [-0.1, -0.05) is 37.6 Å². The second kappa shape index (κ2) is 11.3. The average molecular weight is 463 g/mol. The smallest absolute Gasteiger partial charge is 0.243 e. The lowest BCUT2D eigenvalue weighted by atomic mass is 9.92. The Morgan fingerprint density at radius 3 is 2.50 bits per heavy atom. The van der Waals surface area contributed by atoms with Crippen LogP contribution in [0.2, 0.25) is 5.02 Å². The number of rotatable bonds is 10. The van der Waals surface area contributed by atoms with Crippen molar-refractivity contribution in [1.29, 1.82) is 5.26 Å². The van der Waals surface area contributed by atoms with Gasteiger partial charge in [-0.15, -0.1) is 0 Å². The Bertz CT molecular complexity index is 864. The molecular formula is C23H31ClN4O4. The van der Waals surface area contributed by atoms with Crippen LogP contribution in [0.15, 0.2) is 24.3 Å². The van der Waals surface area contributed by atoms with Crippen LogP contribution in [0.25, 0.3) is 0 Å². The minimum Gasteiger partial charge on any atom is -0.385 e. The highest BCUT2D eigenvalue weighted by Crippen LogP contribution is 2.26. The summed E-state index contributed by atoms with van der Waals surface area (Å²) in [7, 11) is 0. The molecule has 1 fully saturated rings. The fraction of sp³-hybridized carbons (Fsp3) is 0.565. The standard InChI is InChI=1S/C23H31ClN4O4/c1-14(2)10-19(22(31)27-18(13-25)11-15-8-9-26-21(15)30)28-20(29)12-23(3,32)16-4-6-17(24)7-5-16/h4-7,14-15,18-19,32H,8-12H2,1-3H3,(H,26,30)(H,27,31)(H,28,29)/t15-,18-,19-,23+/m0/s1. The third kappa shape index (κ3) is 7.50. The van der Waals surface area contributed by atoms with Gasteiger partial charge < -0.3 is 21.1 Å². The molecule has 0 aliphatic carbocycles. The van der Waals surface area contributed by atoms with Crippen molar-refractivity contribution in [3.8, 4) is 6.07 Å². The number of nitrogens with zero attached hydrogens (tertiary/aromatic N) is 1. The van der Waals surface area contributed by atoms with Gasteiger partial charge in [0.1, 0.15) is 12.1 Å². The molecule has 1 heterocycles. The van der Waals surface area contributed by atoms with E-state index in [1.165, 1.54) is 6.92 Å². The quantitative estimate of drug-likeness (QED) is 0.422. The maximum atomic E-state index is 12.9. The van der Waals surface area contributed by atoms with Crippen LogP contribution in [-0.4, -0.2) is 41.5 Å². The third-order valence-electron chi connectivity index (χ3n) is 5.49. The Morgan fingerprint density at radius 1 is 1.31 bits per heavy atom. The number of nitrogens with one attached hydrogen (secondary N) is 3. The summed E-state index contributed by atoms with van der Waals surface area (Å²) in [4.78, 5) is 37.3. The Balaban J connectivity index is 2.02. The molecule has 0 saturated carbocycles. The molecule has 32 heavy (non-hydrogen) atoms. The van der Waals surface area contributed by atoms with E-state index in [9.17, 15) is 24.8 Å². The highest BCUT2D eigenvalue weighted by atomic mass is 35.5. The number of hydrogen-bond donors (Lipinski definition) is 4. The van der Waals surface area contributed by atoms with E-state index in [0.29, 0.717) is 30.0 Å². The van der Waals surface area contributed by atoms with Crippen LogP contribution in [0.1, 0.15) is 52.0 Å². The molecule has 0 bridgehead atoms. The van der Waals surface area contributed by atoms with Crippen molar-refractivity contribution in [2.75, 3.05) is 6.54 Å². The lowest BCUT2D eigenvalue weighted by Gasteiger charge is -2.26. The molecule has 1 aromatic carbocycles. The zero-order valence-corrected chi connectivity index (χ0v) is 19.4. The SMILES string of the molecule is CC(C)C[C@H](NC(=O)C[C@@](C)(O)c1ccc(Cl)cc1)C(=O)N[C@H](C#N)C[C@@H]1CCNC1=O. The Hall–Kier alpha value is -2.63. The highest BCUT2D eigenvalue weighted by Gasteiger charge is 2.32. The van der Waals surface area contributed by atoms with Gasteiger partial charge in [-0.25, -0.2) is 0 Å². The van der Waals surface area contributed by atoms with Crippen molar-refractivity contribution < 1.29 is 19.5 Å². The monoisotopic (exact) mass is 462 g/mol. The lowest BCUT2D eigenvalue weighted by molar-refractivity contribution is -0.132. The molecule has 0 spiro atoms. The zero-order chi connectivity index (χ0) is 23.9.